The first-order valence-corrected chi connectivity index (χ1v) is 11.5. The van der Waals surface area contributed by atoms with Gasteiger partial charge in [0.15, 0.2) is 5.82 Å². The second-order valence-electron chi connectivity index (χ2n) is 9.76. The summed E-state index contributed by atoms with van der Waals surface area (Å²) in [4.78, 5) is 21.6. The molecule has 3 aromatic heterocycles. The van der Waals surface area contributed by atoms with E-state index in [2.05, 4.69) is 61.6 Å². The average molecular weight is 473 g/mol. The van der Waals surface area contributed by atoms with E-state index >= 15 is 0 Å². The van der Waals surface area contributed by atoms with Crippen LogP contribution in [0.15, 0.2) is 53.6 Å². The first-order valence-electron chi connectivity index (χ1n) is 11.5. The molecule has 0 bridgehead atoms. The Morgan fingerprint density at radius 1 is 0.971 bits per heavy atom. The maximum absolute atomic E-state index is 9.86. The molecular formula is C25H28N8O2. The third-order valence-corrected chi connectivity index (χ3v) is 6.35. The van der Waals surface area contributed by atoms with Gasteiger partial charge in [0.25, 0.3) is 5.89 Å². The summed E-state index contributed by atoms with van der Waals surface area (Å²) in [6.07, 6.45) is 8.82. The van der Waals surface area contributed by atoms with E-state index in [0.29, 0.717) is 35.7 Å². The number of nitrogens with zero attached hydrogens (tertiary/aromatic N) is 6. The molecule has 1 aliphatic rings. The summed E-state index contributed by atoms with van der Waals surface area (Å²) in [5.41, 5.74) is 7.89. The van der Waals surface area contributed by atoms with E-state index in [-0.39, 0.29) is 11.4 Å². The maximum atomic E-state index is 9.86. The Kier molecular flexibility index (Phi) is 5.68. The fourth-order valence-electron chi connectivity index (χ4n) is 4.08. The molecule has 180 valence electrons. The Morgan fingerprint density at radius 3 is 2.29 bits per heavy atom. The van der Waals surface area contributed by atoms with E-state index in [0.717, 1.165) is 29.5 Å². The molecule has 0 saturated heterocycles. The zero-order chi connectivity index (χ0) is 24.6. The Morgan fingerprint density at radius 2 is 1.69 bits per heavy atom. The van der Waals surface area contributed by atoms with E-state index in [9.17, 15) is 5.11 Å². The van der Waals surface area contributed by atoms with Gasteiger partial charge >= 0.3 is 0 Å². The third-order valence-electron chi connectivity index (χ3n) is 6.35. The molecule has 1 aromatic carbocycles. The highest BCUT2D eigenvalue weighted by atomic mass is 16.5. The smallest absolute Gasteiger partial charge is 0.278 e. The third kappa shape index (κ3) is 4.83. The van der Waals surface area contributed by atoms with Gasteiger partial charge in [0.05, 0.1) is 23.4 Å². The van der Waals surface area contributed by atoms with E-state index < -0.39 is 5.60 Å². The van der Waals surface area contributed by atoms with Gasteiger partial charge in [0.1, 0.15) is 11.5 Å². The molecule has 4 N–H and O–H groups in total. The highest BCUT2D eigenvalue weighted by Crippen LogP contribution is 2.50. The molecule has 0 unspecified atom stereocenters. The van der Waals surface area contributed by atoms with Crippen molar-refractivity contribution in [1.29, 1.82) is 0 Å². The summed E-state index contributed by atoms with van der Waals surface area (Å²) in [5.74, 6) is 2.20. The van der Waals surface area contributed by atoms with Gasteiger partial charge in [0, 0.05) is 24.5 Å². The topological polar surface area (TPSA) is 149 Å². The van der Waals surface area contributed by atoms with Crippen molar-refractivity contribution in [3.8, 4) is 22.7 Å². The highest BCUT2D eigenvalue weighted by molar-refractivity contribution is 5.63. The van der Waals surface area contributed by atoms with Crippen LogP contribution in [0.4, 0.5) is 11.8 Å². The van der Waals surface area contributed by atoms with Gasteiger partial charge in [-0.15, -0.1) is 0 Å². The molecule has 5 rings (SSSR count). The number of nitrogen functional groups attached to an aromatic ring is 1. The van der Waals surface area contributed by atoms with E-state index in [1.165, 1.54) is 0 Å². The van der Waals surface area contributed by atoms with Crippen molar-refractivity contribution in [3.63, 3.8) is 0 Å². The van der Waals surface area contributed by atoms with E-state index in [4.69, 9.17) is 15.2 Å². The normalized spacial score (nSPS) is 15.5. The summed E-state index contributed by atoms with van der Waals surface area (Å²) in [5, 5.41) is 17.3. The molecular weight excluding hydrogens is 444 g/mol. The number of aromatic nitrogens is 6. The number of nitrogens with one attached hydrogen (secondary N) is 1. The Bertz CT molecular complexity index is 1290. The lowest BCUT2D eigenvalue weighted by Gasteiger charge is -2.27. The van der Waals surface area contributed by atoms with Crippen molar-refractivity contribution >= 4 is 11.8 Å². The van der Waals surface area contributed by atoms with Gasteiger partial charge in [-0.25, -0.2) is 19.9 Å². The van der Waals surface area contributed by atoms with Crippen LogP contribution in [0.25, 0.3) is 22.7 Å². The van der Waals surface area contributed by atoms with Gasteiger partial charge in [-0.1, -0.05) is 29.4 Å². The lowest BCUT2D eigenvalue weighted by molar-refractivity contribution is 0.0944. The SMILES string of the molecule is CC(C)(O)CNc1cnc(-c2nc([C@@](C)(c3ccc(-c4cnc(N)nc4)cc3)C3CC3)no2)cn1. The minimum atomic E-state index is -0.851. The van der Waals surface area contributed by atoms with Crippen LogP contribution in [-0.4, -0.2) is 47.3 Å². The van der Waals surface area contributed by atoms with Crippen molar-refractivity contribution in [2.75, 3.05) is 17.6 Å². The number of hydrogen-bond donors (Lipinski definition) is 3. The lowest BCUT2D eigenvalue weighted by Crippen LogP contribution is -2.29. The van der Waals surface area contributed by atoms with Crippen LogP contribution >= 0.6 is 0 Å². The van der Waals surface area contributed by atoms with Crippen LogP contribution in [-0.2, 0) is 5.41 Å². The van der Waals surface area contributed by atoms with Gasteiger partial charge in [0.2, 0.25) is 5.95 Å². The van der Waals surface area contributed by atoms with E-state index in [1.807, 2.05) is 0 Å². The minimum absolute atomic E-state index is 0.254. The predicted molar refractivity (Wildman–Crippen MR) is 131 cm³/mol. The van der Waals surface area contributed by atoms with Crippen LogP contribution in [0.3, 0.4) is 0 Å². The second kappa shape index (κ2) is 8.70. The molecule has 10 heteroatoms. The quantitative estimate of drug-likeness (QED) is 0.348. The first kappa shape index (κ1) is 22.9. The molecule has 10 nitrogen and oxygen atoms in total. The van der Waals surface area contributed by atoms with Crippen molar-refractivity contribution in [1.82, 2.24) is 30.1 Å². The molecule has 3 heterocycles. The molecule has 1 atom stereocenters. The number of nitrogens with two attached hydrogens (primary N) is 1. The number of hydrogen-bond acceptors (Lipinski definition) is 10. The standard InChI is InChI=1S/C25H28N8O2/c1-24(2,34)14-31-20-13-27-19(12-28-20)21-32-22(33-35-21)25(3,18-8-9-18)17-6-4-15(5-7-17)16-10-29-23(26)30-11-16/h4-7,10-13,18,34H,8-9,14H2,1-3H3,(H,28,31)(H2,26,29,30)/t25-/m0/s1. The lowest BCUT2D eigenvalue weighted by atomic mass is 9.77. The fraction of sp³-hybridized carbons (Fsp3) is 0.360. The van der Waals surface area contributed by atoms with Crippen LogP contribution in [0.5, 0.6) is 0 Å². The van der Waals surface area contributed by atoms with Crippen LogP contribution in [0.1, 0.15) is 45.0 Å². The summed E-state index contributed by atoms with van der Waals surface area (Å²) in [7, 11) is 0. The zero-order valence-corrected chi connectivity index (χ0v) is 19.9. The number of anilines is 2. The summed E-state index contributed by atoms with van der Waals surface area (Å²) in [6, 6.07) is 8.30. The van der Waals surface area contributed by atoms with Crippen LogP contribution < -0.4 is 11.1 Å². The van der Waals surface area contributed by atoms with Gasteiger partial charge in [-0.3, -0.25) is 0 Å². The molecule has 1 saturated carbocycles. The molecule has 0 radical (unpaired) electrons. The monoisotopic (exact) mass is 472 g/mol. The first-order chi connectivity index (χ1) is 16.7. The number of benzene rings is 1. The summed E-state index contributed by atoms with van der Waals surface area (Å²) >= 11 is 0. The maximum Gasteiger partial charge on any atom is 0.278 e. The summed E-state index contributed by atoms with van der Waals surface area (Å²) in [6.45, 7) is 5.96. The second-order valence-corrected chi connectivity index (χ2v) is 9.76. The Hall–Kier alpha value is -3.92. The largest absolute Gasteiger partial charge is 0.389 e. The molecule has 1 aliphatic carbocycles. The molecule has 4 aromatic rings. The Balaban J connectivity index is 1.38. The number of rotatable bonds is 8. The predicted octanol–water partition coefficient (Wildman–Crippen LogP) is 3.46. The van der Waals surface area contributed by atoms with Gasteiger partial charge < -0.3 is 20.7 Å². The average Bonchev–Trinajstić information content (AvgIpc) is 3.60. The highest BCUT2D eigenvalue weighted by Gasteiger charge is 2.47. The van der Waals surface area contributed by atoms with Crippen LogP contribution in [0, 0.1) is 5.92 Å². The Labute approximate surface area is 203 Å². The molecule has 0 spiro atoms. The van der Waals surface area contributed by atoms with Crippen molar-refractivity contribution in [3.05, 3.63) is 60.4 Å². The fourth-order valence-corrected chi connectivity index (χ4v) is 4.08. The van der Waals surface area contributed by atoms with Crippen molar-refractivity contribution in [2.45, 2.75) is 44.6 Å². The van der Waals surface area contributed by atoms with Crippen molar-refractivity contribution in [2.24, 2.45) is 5.92 Å². The molecule has 35 heavy (non-hydrogen) atoms. The molecule has 0 aliphatic heterocycles. The van der Waals surface area contributed by atoms with Gasteiger partial charge in [-0.05, 0) is 50.7 Å². The van der Waals surface area contributed by atoms with Crippen LogP contribution in [0.2, 0.25) is 0 Å². The molecule has 1 fully saturated rings. The minimum Gasteiger partial charge on any atom is -0.389 e. The van der Waals surface area contributed by atoms with Gasteiger partial charge in [-0.2, -0.15) is 4.98 Å². The number of aliphatic hydroxyl groups is 1. The molecule has 0 amide bonds. The summed E-state index contributed by atoms with van der Waals surface area (Å²) < 4.78 is 5.60. The zero-order valence-electron chi connectivity index (χ0n) is 19.9. The van der Waals surface area contributed by atoms with E-state index in [1.54, 1.807) is 38.6 Å². The van der Waals surface area contributed by atoms with Crippen molar-refractivity contribution < 1.29 is 9.63 Å².